The van der Waals surface area contributed by atoms with Crippen LogP contribution in [0.2, 0.25) is 0 Å². The molecule has 3 fully saturated rings. The molecule has 0 aliphatic carbocycles. The van der Waals surface area contributed by atoms with Gasteiger partial charge in [0.15, 0.2) is 18.9 Å². The second-order valence-electron chi connectivity index (χ2n) is 25.0. The highest BCUT2D eigenvalue weighted by Gasteiger charge is 2.53. The Balaban J connectivity index is 1.39. The van der Waals surface area contributed by atoms with Crippen molar-refractivity contribution in [1.82, 2.24) is 5.32 Å². The van der Waals surface area contributed by atoms with Crippen molar-refractivity contribution < 1.29 is 89.4 Å². The lowest BCUT2D eigenvalue weighted by molar-refractivity contribution is -0.379. The van der Waals surface area contributed by atoms with Gasteiger partial charge in [-0.25, -0.2) is 0 Å². The summed E-state index contributed by atoms with van der Waals surface area (Å²) in [5.74, 6) is -0.288. The molecule has 3 saturated heterocycles. The van der Waals surface area contributed by atoms with Crippen LogP contribution in [0.3, 0.4) is 0 Å². The fourth-order valence-electron chi connectivity index (χ4n) is 11.5. The number of amides is 1. The van der Waals surface area contributed by atoms with Gasteiger partial charge in [0.05, 0.1) is 38.6 Å². The van der Waals surface area contributed by atoms with E-state index in [2.05, 4.69) is 92.1 Å². The van der Waals surface area contributed by atoms with Gasteiger partial charge in [-0.15, -0.1) is 0 Å². The Morgan fingerprint density at radius 1 is 0.407 bits per heavy atom. The minimum Gasteiger partial charge on any atom is -0.394 e. The summed E-state index contributed by atoms with van der Waals surface area (Å²) in [6, 6.07) is -0.994. The van der Waals surface area contributed by atoms with Gasteiger partial charge in [0.1, 0.15) is 73.2 Å². The van der Waals surface area contributed by atoms with Crippen molar-refractivity contribution in [2.75, 3.05) is 26.4 Å². The summed E-state index contributed by atoms with van der Waals surface area (Å²) in [5.41, 5.74) is 0. The van der Waals surface area contributed by atoms with Crippen LogP contribution in [-0.4, -0.2) is 193 Å². The summed E-state index contributed by atoms with van der Waals surface area (Å²) in [6.45, 7) is 1.59. The third-order valence-corrected chi connectivity index (χ3v) is 17.2. The number of aliphatic hydroxyl groups excluding tert-OH is 11. The summed E-state index contributed by atoms with van der Waals surface area (Å²) >= 11 is 0. The Bertz CT molecular complexity index is 1980. The van der Waals surface area contributed by atoms with E-state index in [1.807, 2.05) is 6.08 Å². The normalized spacial score (nSPS) is 28.4. The van der Waals surface area contributed by atoms with Gasteiger partial charge < -0.3 is 89.9 Å². The first-order valence-corrected chi connectivity index (χ1v) is 35.3. The molecule has 3 heterocycles. The van der Waals surface area contributed by atoms with Crippen molar-refractivity contribution in [2.45, 2.75) is 336 Å². The molecule has 17 unspecified atom stereocenters. The van der Waals surface area contributed by atoms with Gasteiger partial charge in [-0.2, -0.15) is 0 Å². The minimum atomic E-state index is -1.98. The van der Waals surface area contributed by atoms with E-state index >= 15 is 0 Å². The van der Waals surface area contributed by atoms with Gasteiger partial charge in [0.2, 0.25) is 5.91 Å². The van der Waals surface area contributed by atoms with Crippen LogP contribution in [0, 0.1) is 0 Å². The zero-order valence-corrected chi connectivity index (χ0v) is 55.5. The molecule has 0 aromatic carbocycles. The van der Waals surface area contributed by atoms with Crippen LogP contribution in [-0.2, 0) is 33.2 Å². The Kier molecular flexibility index (Phi) is 48.0. The third-order valence-electron chi connectivity index (χ3n) is 17.2. The van der Waals surface area contributed by atoms with Crippen LogP contribution in [0.1, 0.15) is 232 Å². The van der Waals surface area contributed by atoms with Gasteiger partial charge in [-0.1, -0.05) is 234 Å². The summed E-state index contributed by atoms with van der Waals surface area (Å²) in [4.78, 5) is 13.4. The molecular weight excluding hydrogens is 1170 g/mol. The number of hydrogen-bond acceptors (Lipinski definition) is 18. The zero-order chi connectivity index (χ0) is 66.1. The average molecular weight is 1290 g/mol. The van der Waals surface area contributed by atoms with E-state index < -0.39 is 124 Å². The lowest BCUT2D eigenvalue weighted by Crippen LogP contribution is -2.66. The quantitative estimate of drug-likeness (QED) is 0.0199. The number of hydrogen-bond donors (Lipinski definition) is 12. The smallest absolute Gasteiger partial charge is 0.220 e. The van der Waals surface area contributed by atoms with Crippen molar-refractivity contribution in [3.63, 3.8) is 0 Å². The molecule has 0 aromatic heterocycles. The predicted molar refractivity (Wildman–Crippen MR) is 355 cm³/mol. The van der Waals surface area contributed by atoms with Gasteiger partial charge >= 0.3 is 0 Å². The molecule has 12 N–H and O–H groups in total. The van der Waals surface area contributed by atoms with E-state index in [1.54, 1.807) is 6.08 Å². The maximum Gasteiger partial charge on any atom is 0.220 e. The summed E-state index contributed by atoms with van der Waals surface area (Å²) in [6.07, 6.45) is 41.4. The molecule has 17 atom stereocenters. The molecule has 91 heavy (non-hydrogen) atoms. The maximum absolute atomic E-state index is 13.4. The largest absolute Gasteiger partial charge is 0.394 e. The van der Waals surface area contributed by atoms with E-state index in [0.29, 0.717) is 12.8 Å². The van der Waals surface area contributed by atoms with Crippen LogP contribution >= 0.6 is 0 Å². The van der Waals surface area contributed by atoms with Crippen molar-refractivity contribution in [1.29, 1.82) is 0 Å². The maximum atomic E-state index is 13.4. The topological polar surface area (TPSA) is 307 Å². The second kappa shape index (κ2) is 53.2. The van der Waals surface area contributed by atoms with Gasteiger partial charge in [-0.3, -0.25) is 4.79 Å². The van der Waals surface area contributed by atoms with Crippen molar-refractivity contribution in [2.24, 2.45) is 0 Å². The van der Waals surface area contributed by atoms with Crippen LogP contribution in [0.15, 0.2) is 85.1 Å². The fraction of sp³-hybridized carbons (Fsp3) is 0.792. The first-order valence-electron chi connectivity index (χ1n) is 35.3. The van der Waals surface area contributed by atoms with Gasteiger partial charge in [0, 0.05) is 6.42 Å². The molecule has 3 aliphatic heterocycles. The number of rotatable bonds is 53. The molecule has 19 nitrogen and oxygen atoms in total. The van der Waals surface area contributed by atoms with Crippen molar-refractivity contribution in [3.8, 4) is 0 Å². The van der Waals surface area contributed by atoms with Crippen LogP contribution in [0.4, 0.5) is 0 Å². The number of carbonyl (C=O) groups is 1. The molecule has 0 spiro atoms. The average Bonchev–Trinajstić information content (AvgIpc) is 0.876. The minimum absolute atomic E-state index is 0.232. The molecule has 0 bridgehead atoms. The summed E-state index contributed by atoms with van der Waals surface area (Å²) < 4.78 is 34.3. The highest BCUT2D eigenvalue weighted by atomic mass is 16.8. The molecule has 1 amide bonds. The van der Waals surface area contributed by atoms with Crippen LogP contribution < -0.4 is 5.32 Å². The van der Waals surface area contributed by atoms with Crippen molar-refractivity contribution in [3.05, 3.63) is 85.1 Å². The number of carbonyl (C=O) groups excluding carboxylic acids is 1. The molecular formula is C72H125NO18. The number of aliphatic hydroxyl groups is 11. The molecule has 0 radical (unpaired) electrons. The zero-order valence-electron chi connectivity index (χ0n) is 55.5. The number of allylic oxidation sites excluding steroid dienone is 13. The Labute approximate surface area is 546 Å². The summed E-state index contributed by atoms with van der Waals surface area (Å²) in [7, 11) is 0. The van der Waals surface area contributed by atoms with E-state index in [4.69, 9.17) is 28.4 Å². The standard InChI is InChI=1S/C72H125NO18/c1-3-5-7-9-11-13-15-17-19-20-21-22-23-24-25-26-27-28-29-30-31-32-33-34-36-38-40-42-44-46-48-50-60(78)73-55(56(77)49-47-45-43-41-39-37-35-18-16-14-12-10-8-6-4-2)54-86-70-66(84)63(81)68(58(52-75)88-70)91-72-67(85)64(82)69(59(53-76)89-72)90-71-65(83)62(80)61(79)57(51-74)87-71/h5,7,11,13,17,19,21-22,24-25,39,41,47,49,55-59,61-72,74-77,79-85H,3-4,6,8-10,12,14-16,18,20,23,26-38,40,42-46,48,50-54H2,1-2H3,(H,73,78)/b7-5-,13-11-,19-17-,22-21-,25-24-,41-39+,49-47+. The first kappa shape index (κ1) is 82.2. The Hall–Kier alpha value is -3.03. The first-order chi connectivity index (χ1) is 44.3. The Morgan fingerprint density at radius 3 is 1.23 bits per heavy atom. The van der Waals surface area contributed by atoms with Gasteiger partial charge in [0.25, 0.3) is 0 Å². The molecule has 3 rings (SSSR count). The summed E-state index contributed by atoms with van der Waals surface area (Å²) in [5, 5.41) is 120. The molecule has 0 saturated carbocycles. The Morgan fingerprint density at radius 2 is 0.769 bits per heavy atom. The lowest BCUT2D eigenvalue weighted by atomic mass is 9.96. The van der Waals surface area contributed by atoms with Crippen LogP contribution in [0.5, 0.6) is 0 Å². The molecule has 0 aromatic rings. The monoisotopic (exact) mass is 1290 g/mol. The van der Waals surface area contributed by atoms with Crippen molar-refractivity contribution >= 4 is 5.91 Å². The highest BCUT2D eigenvalue weighted by molar-refractivity contribution is 5.76. The molecule has 526 valence electrons. The van der Waals surface area contributed by atoms with Crippen LogP contribution in [0.25, 0.3) is 0 Å². The number of nitrogens with one attached hydrogen (secondary N) is 1. The number of unbranched alkanes of at least 4 members (excludes halogenated alkanes) is 25. The third kappa shape index (κ3) is 35.0. The second-order valence-corrected chi connectivity index (χ2v) is 25.0. The number of ether oxygens (including phenoxy) is 6. The lowest BCUT2D eigenvalue weighted by Gasteiger charge is -2.48. The highest BCUT2D eigenvalue weighted by Crippen LogP contribution is 2.33. The fourth-order valence-corrected chi connectivity index (χ4v) is 11.5. The van der Waals surface area contributed by atoms with E-state index in [0.717, 1.165) is 70.6 Å². The van der Waals surface area contributed by atoms with E-state index in [9.17, 15) is 61.0 Å². The van der Waals surface area contributed by atoms with E-state index in [-0.39, 0.29) is 18.9 Å². The molecule has 19 heteroatoms. The van der Waals surface area contributed by atoms with E-state index in [1.165, 1.54) is 128 Å². The molecule has 3 aliphatic rings. The predicted octanol–water partition coefficient (Wildman–Crippen LogP) is 9.49. The SMILES string of the molecule is CC/C=C\C/C=C\C/C=C\C/C=C\C/C=C\CCCCCCCCCCCCCCCCCC(=O)NC(COC1OC(CO)C(OC2OC(CO)C(OC3OC(CO)C(O)C(O)C3O)C(O)C2O)C(O)C1O)C(O)/C=C/CC/C=C/CCCCCCCCCCC. The van der Waals surface area contributed by atoms with Gasteiger partial charge in [-0.05, 0) is 77.0 Å².